The number of carbonyl (C=O) groups excluding carboxylic acids is 1. The molecule has 0 saturated heterocycles. The first-order valence-electron chi connectivity index (χ1n) is 5.78. The molecule has 0 aromatic rings. The quantitative estimate of drug-likeness (QED) is 0.659. The van der Waals surface area contributed by atoms with E-state index in [9.17, 15) is 9.59 Å². The molecule has 96 valence electrons. The molecule has 0 bridgehead atoms. The standard InChI is InChI=1S/C12H20N2O3/c1-4-7-8-10(11(15)16)13-12(17)14(6-3)9-5-2/h2,10H,4,6-9H2,1,3H3,(H,13,17)(H,15,16)/t10-/m0/s1. The molecule has 1 atom stereocenters. The van der Waals surface area contributed by atoms with Crippen LogP contribution in [0.4, 0.5) is 4.79 Å². The van der Waals surface area contributed by atoms with Crippen LogP contribution >= 0.6 is 0 Å². The lowest BCUT2D eigenvalue weighted by Gasteiger charge is -2.22. The third kappa shape index (κ3) is 5.81. The van der Waals surface area contributed by atoms with Crippen LogP contribution in [0.25, 0.3) is 0 Å². The number of carboxylic acids is 1. The number of urea groups is 1. The Bertz CT molecular complexity index is 297. The van der Waals surface area contributed by atoms with E-state index in [1.807, 2.05) is 6.92 Å². The van der Waals surface area contributed by atoms with Crippen LogP contribution in [0.5, 0.6) is 0 Å². The fourth-order valence-corrected chi connectivity index (χ4v) is 1.34. The molecule has 0 heterocycles. The first-order valence-corrected chi connectivity index (χ1v) is 5.78. The zero-order chi connectivity index (χ0) is 13.3. The maximum absolute atomic E-state index is 11.7. The molecule has 0 radical (unpaired) electrons. The molecule has 0 saturated carbocycles. The van der Waals surface area contributed by atoms with Crippen molar-refractivity contribution in [3.05, 3.63) is 0 Å². The normalized spacial score (nSPS) is 11.4. The van der Waals surface area contributed by atoms with E-state index in [1.165, 1.54) is 4.90 Å². The van der Waals surface area contributed by atoms with E-state index in [0.29, 0.717) is 13.0 Å². The Morgan fingerprint density at radius 3 is 2.53 bits per heavy atom. The number of hydrogen-bond acceptors (Lipinski definition) is 2. The molecule has 0 fully saturated rings. The van der Waals surface area contributed by atoms with Gasteiger partial charge < -0.3 is 15.3 Å². The van der Waals surface area contributed by atoms with Gasteiger partial charge in [0.05, 0.1) is 6.54 Å². The van der Waals surface area contributed by atoms with Gasteiger partial charge in [-0.3, -0.25) is 0 Å². The summed E-state index contributed by atoms with van der Waals surface area (Å²) in [4.78, 5) is 24.0. The second-order valence-corrected chi connectivity index (χ2v) is 3.70. The van der Waals surface area contributed by atoms with Crippen molar-refractivity contribution < 1.29 is 14.7 Å². The molecule has 2 amide bonds. The van der Waals surface area contributed by atoms with Crippen molar-refractivity contribution in [1.82, 2.24) is 10.2 Å². The molecule has 0 aliphatic rings. The van der Waals surface area contributed by atoms with E-state index in [4.69, 9.17) is 11.5 Å². The lowest BCUT2D eigenvalue weighted by molar-refractivity contribution is -0.139. The number of hydrogen-bond donors (Lipinski definition) is 2. The van der Waals surface area contributed by atoms with Gasteiger partial charge >= 0.3 is 12.0 Å². The first-order chi connectivity index (χ1) is 8.06. The van der Waals surface area contributed by atoms with E-state index < -0.39 is 18.0 Å². The highest BCUT2D eigenvalue weighted by molar-refractivity contribution is 5.82. The molecule has 0 aliphatic carbocycles. The lowest BCUT2D eigenvalue weighted by Crippen LogP contribution is -2.48. The number of nitrogens with zero attached hydrogens (tertiary/aromatic N) is 1. The zero-order valence-corrected chi connectivity index (χ0v) is 10.4. The molecule has 0 spiro atoms. The van der Waals surface area contributed by atoms with Crippen LogP contribution < -0.4 is 5.32 Å². The van der Waals surface area contributed by atoms with Gasteiger partial charge in [0.1, 0.15) is 6.04 Å². The fourth-order valence-electron chi connectivity index (χ4n) is 1.34. The van der Waals surface area contributed by atoms with E-state index >= 15 is 0 Å². The van der Waals surface area contributed by atoms with Crippen molar-refractivity contribution in [2.45, 2.75) is 39.2 Å². The Morgan fingerprint density at radius 2 is 2.12 bits per heavy atom. The molecule has 2 N–H and O–H groups in total. The molecular weight excluding hydrogens is 220 g/mol. The highest BCUT2D eigenvalue weighted by Crippen LogP contribution is 2.02. The monoisotopic (exact) mass is 240 g/mol. The number of aliphatic carboxylic acids is 1. The summed E-state index contributed by atoms with van der Waals surface area (Å²) in [5.41, 5.74) is 0. The van der Waals surface area contributed by atoms with Crippen LogP contribution in [0.3, 0.4) is 0 Å². The molecule has 0 aliphatic heterocycles. The largest absolute Gasteiger partial charge is 0.480 e. The van der Waals surface area contributed by atoms with Crippen molar-refractivity contribution in [1.29, 1.82) is 0 Å². The third-order valence-corrected chi connectivity index (χ3v) is 2.39. The Hall–Kier alpha value is -1.70. The second kappa shape index (κ2) is 8.45. The van der Waals surface area contributed by atoms with Gasteiger partial charge in [0, 0.05) is 6.54 Å². The van der Waals surface area contributed by atoms with Crippen LogP contribution in [0.1, 0.15) is 33.1 Å². The van der Waals surface area contributed by atoms with Crippen LogP contribution in [-0.4, -0.2) is 41.1 Å². The first kappa shape index (κ1) is 15.3. The van der Waals surface area contributed by atoms with Crippen LogP contribution in [0, 0.1) is 12.3 Å². The molecule has 0 aromatic heterocycles. The van der Waals surface area contributed by atoms with Crippen LogP contribution in [0.2, 0.25) is 0 Å². The Morgan fingerprint density at radius 1 is 1.47 bits per heavy atom. The van der Waals surface area contributed by atoms with Gasteiger partial charge in [0.15, 0.2) is 0 Å². The Balaban J connectivity index is 4.38. The fraction of sp³-hybridized carbons (Fsp3) is 0.667. The Labute approximate surface area is 102 Å². The smallest absolute Gasteiger partial charge is 0.326 e. The minimum absolute atomic E-state index is 0.183. The topological polar surface area (TPSA) is 69.6 Å². The average molecular weight is 240 g/mol. The van der Waals surface area contributed by atoms with E-state index in [-0.39, 0.29) is 6.54 Å². The maximum Gasteiger partial charge on any atom is 0.326 e. The Kier molecular flexibility index (Phi) is 7.61. The highest BCUT2D eigenvalue weighted by atomic mass is 16.4. The predicted molar refractivity (Wildman–Crippen MR) is 65.6 cm³/mol. The summed E-state index contributed by atoms with van der Waals surface area (Å²) in [6, 6.07) is -1.26. The van der Waals surface area contributed by atoms with E-state index in [1.54, 1.807) is 6.92 Å². The van der Waals surface area contributed by atoms with E-state index in [0.717, 1.165) is 12.8 Å². The molecule has 0 rings (SSSR count). The molecule has 17 heavy (non-hydrogen) atoms. The van der Waals surface area contributed by atoms with Gasteiger partial charge in [-0.15, -0.1) is 6.42 Å². The predicted octanol–water partition coefficient (Wildman–Crippen LogP) is 1.29. The molecule has 0 unspecified atom stereocenters. The number of terminal acetylenes is 1. The van der Waals surface area contributed by atoms with Crippen molar-refractivity contribution in [2.75, 3.05) is 13.1 Å². The van der Waals surface area contributed by atoms with Crippen molar-refractivity contribution >= 4 is 12.0 Å². The highest BCUT2D eigenvalue weighted by Gasteiger charge is 2.21. The summed E-state index contributed by atoms with van der Waals surface area (Å²) >= 11 is 0. The number of carbonyl (C=O) groups is 2. The summed E-state index contributed by atoms with van der Waals surface area (Å²) in [6.45, 7) is 4.40. The average Bonchev–Trinajstić information content (AvgIpc) is 2.30. The lowest BCUT2D eigenvalue weighted by atomic mass is 10.1. The zero-order valence-electron chi connectivity index (χ0n) is 10.4. The van der Waals surface area contributed by atoms with Crippen LogP contribution in [-0.2, 0) is 4.79 Å². The number of unbranched alkanes of at least 4 members (excludes halogenated alkanes) is 1. The van der Waals surface area contributed by atoms with Crippen LogP contribution in [0.15, 0.2) is 0 Å². The summed E-state index contributed by atoms with van der Waals surface area (Å²) in [5, 5.41) is 11.4. The maximum atomic E-state index is 11.7. The summed E-state index contributed by atoms with van der Waals surface area (Å²) in [7, 11) is 0. The second-order valence-electron chi connectivity index (χ2n) is 3.70. The van der Waals surface area contributed by atoms with Gasteiger partial charge in [-0.25, -0.2) is 9.59 Å². The van der Waals surface area contributed by atoms with Gasteiger partial charge in [-0.1, -0.05) is 25.7 Å². The third-order valence-electron chi connectivity index (χ3n) is 2.39. The summed E-state index contributed by atoms with van der Waals surface area (Å²) < 4.78 is 0. The number of rotatable bonds is 7. The summed E-state index contributed by atoms with van der Waals surface area (Å²) in [5.74, 6) is 1.35. The van der Waals surface area contributed by atoms with Crippen molar-refractivity contribution in [3.8, 4) is 12.3 Å². The van der Waals surface area contributed by atoms with Gasteiger partial charge in [-0.2, -0.15) is 0 Å². The number of amides is 2. The molecule has 0 aromatic carbocycles. The van der Waals surface area contributed by atoms with Gasteiger partial charge in [0.25, 0.3) is 0 Å². The number of carboxylic acid groups (broad SMARTS) is 1. The van der Waals surface area contributed by atoms with Gasteiger partial charge in [-0.05, 0) is 13.3 Å². The molecule has 5 heteroatoms. The minimum atomic E-state index is -1.01. The summed E-state index contributed by atoms with van der Waals surface area (Å²) in [6.07, 6.45) is 7.21. The van der Waals surface area contributed by atoms with Gasteiger partial charge in [0.2, 0.25) is 0 Å². The number of nitrogens with one attached hydrogen (secondary N) is 1. The SMILES string of the molecule is C#CCN(CC)C(=O)N[C@@H](CCCC)C(=O)O. The van der Waals surface area contributed by atoms with E-state index in [2.05, 4.69) is 11.2 Å². The minimum Gasteiger partial charge on any atom is -0.480 e. The molecular formula is C12H20N2O3. The molecule has 5 nitrogen and oxygen atoms in total. The van der Waals surface area contributed by atoms with Crippen molar-refractivity contribution in [2.24, 2.45) is 0 Å². The van der Waals surface area contributed by atoms with Crippen molar-refractivity contribution in [3.63, 3.8) is 0 Å².